The normalized spacial score (nSPS) is 20.6. The Balaban J connectivity index is 2.21. The maximum absolute atomic E-state index is 11.8. The van der Waals surface area contributed by atoms with Gasteiger partial charge in [0, 0.05) is 5.56 Å². The van der Waals surface area contributed by atoms with Gasteiger partial charge in [-0.05, 0) is 24.5 Å². The highest BCUT2D eigenvalue weighted by atomic mass is 16.3. The van der Waals surface area contributed by atoms with Crippen molar-refractivity contribution in [3.8, 4) is 0 Å². The molecule has 14 heavy (non-hydrogen) atoms. The summed E-state index contributed by atoms with van der Waals surface area (Å²) < 4.78 is 0. The fourth-order valence-corrected chi connectivity index (χ4v) is 1.67. The monoisotopic (exact) mass is 188 g/mol. The molecule has 0 aliphatic heterocycles. The second kappa shape index (κ2) is 3.76. The van der Waals surface area contributed by atoms with E-state index in [1.54, 1.807) is 18.2 Å². The number of aliphatic hydroxyl groups is 1. The maximum Gasteiger partial charge on any atom is 0.188 e. The number of allylic oxidation sites excluding steroid dienone is 1. The summed E-state index contributed by atoms with van der Waals surface area (Å²) in [6, 6.07) is 9.18. The van der Waals surface area contributed by atoms with E-state index < -0.39 is 6.10 Å². The van der Waals surface area contributed by atoms with Crippen LogP contribution in [0.25, 0.3) is 0 Å². The van der Waals surface area contributed by atoms with Crippen LogP contribution in [0, 0.1) is 0 Å². The second-order valence-electron chi connectivity index (χ2n) is 3.49. The molecule has 0 radical (unpaired) electrons. The zero-order valence-corrected chi connectivity index (χ0v) is 7.81. The average Bonchev–Trinajstić information content (AvgIpc) is 2.65. The van der Waals surface area contributed by atoms with Gasteiger partial charge in [-0.25, -0.2) is 0 Å². The third-order valence-corrected chi connectivity index (χ3v) is 2.43. The molecule has 1 unspecified atom stereocenters. The first-order valence-electron chi connectivity index (χ1n) is 4.76. The maximum atomic E-state index is 11.8. The molecular formula is C12H12O2. The Kier molecular flexibility index (Phi) is 2.46. The van der Waals surface area contributed by atoms with E-state index in [1.165, 1.54) is 0 Å². The minimum Gasteiger partial charge on any atom is -0.389 e. The number of Topliss-reactive ketones (excluding diaryl/α,β-unsaturated/α-hetero) is 1. The molecule has 0 saturated carbocycles. The van der Waals surface area contributed by atoms with Crippen molar-refractivity contribution in [2.75, 3.05) is 0 Å². The summed E-state index contributed by atoms with van der Waals surface area (Å²) in [4.78, 5) is 11.8. The molecule has 1 N–H and O–H groups in total. The Labute approximate surface area is 82.9 Å². The Bertz CT molecular complexity index is 365. The highest BCUT2D eigenvalue weighted by Crippen LogP contribution is 2.21. The molecule has 0 amide bonds. The van der Waals surface area contributed by atoms with Crippen LogP contribution in [0.4, 0.5) is 0 Å². The second-order valence-corrected chi connectivity index (χ2v) is 3.49. The fraction of sp³-hybridized carbons (Fsp3) is 0.250. The Morgan fingerprint density at radius 1 is 1.29 bits per heavy atom. The van der Waals surface area contributed by atoms with E-state index >= 15 is 0 Å². The molecule has 1 aliphatic rings. The molecule has 72 valence electrons. The quantitative estimate of drug-likeness (QED) is 0.720. The van der Waals surface area contributed by atoms with E-state index in [0.717, 1.165) is 5.57 Å². The molecule has 0 bridgehead atoms. The number of aliphatic hydroxyl groups excluding tert-OH is 1. The summed E-state index contributed by atoms with van der Waals surface area (Å²) in [5.74, 6) is 0.0437. The van der Waals surface area contributed by atoms with Gasteiger partial charge in [-0.2, -0.15) is 0 Å². The lowest BCUT2D eigenvalue weighted by Crippen LogP contribution is -2.00. The number of carbonyl (C=O) groups is 1. The first kappa shape index (κ1) is 9.16. The van der Waals surface area contributed by atoms with Crippen LogP contribution < -0.4 is 0 Å². The predicted molar refractivity (Wildman–Crippen MR) is 54.1 cm³/mol. The van der Waals surface area contributed by atoms with Gasteiger partial charge in [0.15, 0.2) is 5.78 Å². The minimum absolute atomic E-state index is 0.0437. The van der Waals surface area contributed by atoms with Gasteiger partial charge in [-0.3, -0.25) is 4.79 Å². The molecule has 1 atom stereocenters. The van der Waals surface area contributed by atoms with Crippen LogP contribution in [0.2, 0.25) is 0 Å². The molecule has 1 aliphatic carbocycles. The summed E-state index contributed by atoms with van der Waals surface area (Å²) in [5.41, 5.74) is 1.44. The predicted octanol–water partition coefficient (Wildman–Crippen LogP) is 1.95. The molecule has 1 aromatic rings. The van der Waals surface area contributed by atoms with Gasteiger partial charge in [0.05, 0.1) is 6.10 Å². The van der Waals surface area contributed by atoms with E-state index in [0.29, 0.717) is 18.4 Å². The Morgan fingerprint density at radius 2 is 2.00 bits per heavy atom. The summed E-state index contributed by atoms with van der Waals surface area (Å²) in [5, 5.41) is 9.27. The number of ketones is 1. The lowest BCUT2D eigenvalue weighted by atomic mass is 10.0. The van der Waals surface area contributed by atoms with Crippen LogP contribution in [0.5, 0.6) is 0 Å². The van der Waals surface area contributed by atoms with Crippen molar-refractivity contribution in [1.29, 1.82) is 0 Å². The zero-order valence-electron chi connectivity index (χ0n) is 7.81. The third-order valence-electron chi connectivity index (χ3n) is 2.43. The Morgan fingerprint density at radius 3 is 2.57 bits per heavy atom. The van der Waals surface area contributed by atoms with Crippen molar-refractivity contribution in [3.63, 3.8) is 0 Å². The molecule has 0 saturated heterocycles. The van der Waals surface area contributed by atoms with Crippen molar-refractivity contribution >= 4 is 5.78 Å². The minimum atomic E-state index is -0.433. The van der Waals surface area contributed by atoms with Crippen molar-refractivity contribution in [3.05, 3.63) is 47.5 Å². The topological polar surface area (TPSA) is 37.3 Å². The lowest BCUT2D eigenvalue weighted by Gasteiger charge is -1.99. The van der Waals surface area contributed by atoms with Gasteiger partial charge in [0.2, 0.25) is 0 Å². The number of rotatable bonds is 2. The van der Waals surface area contributed by atoms with Crippen molar-refractivity contribution in [2.24, 2.45) is 0 Å². The first-order chi connectivity index (χ1) is 6.77. The number of carbonyl (C=O) groups excluding carboxylic acids is 1. The van der Waals surface area contributed by atoms with E-state index in [1.807, 2.05) is 18.2 Å². The smallest absolute Gasteiger partial charge is 0.188 e. The van der Waals surface area contributed by atoms with Gasteiger partial charge in [-0.1, -0.05) is 30.3 Å². The molecule has 2 rings (SSSR count). The van der Waals surface area contributed by atoms with Crippen molar-refractivity contribution in [1.82, 2.24) is 0 Å². The molecule has 2 nitrogen and oxygen atoms in total. The SMILES string of the molecule is O=C(C1=CC(O)CC1)c1ccccc1. The molecule has 0 aromatic heterocycles. The number of benzene rings is 1. The van der Waals surface area contributed by atoms with Crippen LogP contribution in [0.3, 0.4) is 0 Å². The van der Waals surface area contributed by atoms with Gasteiger partial charge in [0.25, 0.3) is 0 Å². The van der Waals surface area contributed by atoms with Gasteiger partial charge in [-0.15, -0.1) is 0 Å². The molecule has 1 aromatic carbocycles. The van der Waals surface area contributed by atoms with Crippen LogP contribution in [-0.2, 0) is 0 Å². The number of hydrogen-bond acceptors (Lipinski definition) is 2. The van der Waals surface area contributed by atoms with E-state index in [-0.39, 0.29) is 5.78 Å². The summed E-state index contributed by atoms with van der Waals surface area (Å²) >= 11 is 0. The molecule has 2 heteroatoms. The summed E-state index contributed by atoms with van der Waals surface area (Å²) in [6.07, 6.45) is 2.59. The van der Waals surface area contributed by atoms with Crippen LogP contribution in [-0.4, -0.2) is 17.0 Å². The largest absolute Gasteiger partial charge is 0.389 e. The molecule has 0 fully saturated rings. The molecular weight excluding hydrogens is 176 g/mol. The van der Waals surface area contributed by atoms with Crippen LogP contribution >= 0.6 is 0 Å². The zero-order chi connectivity index (χ0) is 9.97. The highest BCUT2D eigenvalue weighted by molar-refractivity contribution is 6.08. The van der Waals surface area contributed by atoms with Crippen molar-refractivity contribution in [2.45, 2.75) is 18.9 Å². The highest BCUT2D eigenvalue weighted by Gasteiger charge is 2.19. The van der Waals surface area contributed by atoms with E-state index in [9.17, 15) is 9.90 Å². The fourth-order valence-electron chi connectivity index (χ4n) is 1.67. The van der Waals surface area contributed by atoms with Crippen LogP contribution in [0.15, 0.2) is 42.0 Å². The van der Waals surface area contributed by atoms with E-state index in [4.69, 9.17) is 0 Å². The van der Waals surface area contributed by atoms with Crippen molar-refractivity contribution < 1.29 is 9.90 Å². The van der Waals surface area contributed by atoms with E-state index in [2.05, 4.69) is 0 Å². The Hall–Kier alpha value is -1.41. The third kappa shape index (κ3) is 1.75. The lowest BCUT2D eigenvalue weighted by molar-refractivity contribution is 0.103. The van der Waals surface area contributed by atoms with Gasteiger partial charge in [0.1, 0.15) is 0 Å². The number of hydrogen-bond donors (Lipinski definition) is 1. The average molecular weight is 188 g/mol. The summed E-state index contributed by atoms with van der Waals surface area (Å²) in [7, 11) is 0. The van der Waals surface area contributed by atoms with Gasteiger partial charge < -0.3 is 5.11 Å². The van der Waals surface area contributed by atoms with Gasteiger partial charge >= 0.3 is 0 Å². The molecule has 0 heterocycles. The standard InChI is InChI=1S/C12H12O2/c13-11-7-6-10(8-11)12(14)9-4-2-1-3-5-9/h1-5,8,11,13H,6-7H2. The van der Waals surface area contributed by atoms with Crippen LogP contribution in [0.1, 0.15) is 23.2 Å². The summed E-state index contributed by atoms with van der Waals surface area (Å²) in [6.45, 7) is 0. The first-order valence-corrected chi connectivity index (χ1v) is 4.76. The molecule has 0 spiro atoms.